The van der Waals surface area contributed by atoms with Gasteiger partial charge in [0.25, 0.3) is 5.91 Å². The van der Waals surface area contributed by atoms with Crippen LogP contribution >= 0.6 is 11.3 Å². The minimum Gasteiger partial charge on any atom is -0.482 e. The van der Waals surface area contributed by atoms with Crippen LogP contribution in [-0.2, 0) is 16.1 Å². The van der Waals surface area contributed by atoms with Gasteiger partial charge in [0.05, 0.1) is 30.3 Å². The Morgan fingerprint density at radius 3 is 2.84 bits per heavy atom. The highest BCUT2D eigenvalue weighted by atomic mass is 32.1. The third-order valence-electron chi connectivity index (χ3n) is 4.62. The zero-order valence-electron chi connectivity index (χ0n) is 17.7. The fourth-order valence-corrected chi connectivity index (χ4v) is 3.92. The standard InChI is InChI=1S/C23H22N4O4S/c1-3-30-21(28)14-31-17-7-4-6-16(11-17)26-23(29)19-10-15(2)25-22-20(19)12-24-27(22)13-18-8-5-9-32-18/h4-12H,3,13-14H2,1-2H3,(H,26,29). The van der Waals surface area contributed by atoms with Crippen LogP contribution in [0.15, 0.2) is 54.0 Å². The fraction of sp³-hybridized carbons (Fsp3) is 0.217. The largest absolute Gasteiger partial charge is 0.482 e. The third kappa shape index (κ3) is 4.94. The second kappa shape index (κ2) is 9.61. The van der Waals surface area contributed by atoms with Crippen molar-refractivity contribution in [1.29, 1.82) is 0 Å². The molecule has 0 aliphatic carbocycles. The summed E-state index contributed by atoms with van der Waals surface area (Å²) in [6, 6.07) is 12.6. The molecule has 0 saturated heterocycles. The van der Waals surface area contributed by atoms with Crippen molar-refractivity contribution in [3.05, 3.63) is 70.2 Å². The molecule has 0 radical (unpaired) electrons. The first kappa shape index (κ1) is 21.5. The summed E-state index contributed by atoms with van der Waals surface area (Å²) < 4.78 is 12.1. The molecule has 0 unspecified atom stereocenters. The van der Waals surface area contributed by atoms with Gasteiger partial charge >= 0.3 is 5.97 Å². The van der Waals surface area contributed by atoms with Crippen molar-refractivity contribution in [1.82, 2.24) is 14.8 Å². The summed E-state index contributed by atoms with van der Waals surface area (Å²) in [6.45, 7) is 4.28. The topological polar surface area (TPSA) is 95.3 Å². The number of rotatable bonds is 8. The monoisotopic (exact) mass is 450 g/mol. The number of aromatic nitrogens is 3. The summed E-state index contributed by atoms with van der Waals surface area (Å²) >= 11 is 1.65. The number of ether oxygens (including phenoxy) is 2. The molecule has 4 rings (SSSR count). The molecule has 0 saturated carbocycles. The molecule has 4 aromatic rings. The SMILES string of the molecule is CCOC(=O)COc1cccc(NC(=O)c2cc(C)nc3c2cnn3Cc2cccs2)c1. The smallest absolute Gasteiger partial charge is 0.344 e. The van der Waals surface area contributed by atoms with Crippen LogP contribution in [0.2, 0.25) is 0 Å². The van der Waals surface area contributed by atoms with Gasteiger partial charge in [-0.3, -0.25) is 4.79 Å². The van der Waals surface area contributed by atoms with E-state index >= 15 is 0 Å². The number of anilines is 1. The molecular formula is C23H22N4O4S. The number of amides is 1. The minimum atomic E-state index is -0.448. The molecule has 0 aliphatic heterocycles. The molecule has 0 spiro atoms. The van der Waals surface area contributed by atoms with Crippen molar-refractivity contribution in [2.24, 2.45) is 0 Å². The van der Waals surface area contributed by atoms with Gasteiger partial charge in [0.2, 0.25) is 0 Å². The zero-order valence-corrected chi connectivity index (χ0v) is 18.5. The lowest BCUT2D eigenvalue weighted by atomic mass is 10.1. The number of fused-ring (bicyclic) bond motifs is 1. The van der Waals surface area contributed by atoms with E-state index < -0.39 is 5.97 Å². The third-order valence-corrected chi connectivity index (χ3v) is 5.48. The van der Waals surface area contributed by atoms with E-state index in [2.05, 4.69) is 15.4 Å². The molecule has 1 amide bonds. The molecule has 8 nitrogen and oxygen atoms in total. The minimum absolute atomic E-state index is 0.196. The number of nitrogens with one attached hydrogen (secondary N) is 1. The van der Waals surface area contributed by atoms with E-state index in [1.165, 1.54) is 0 Å². The highest BCUT2D eigenvalue weighted by molar-refractivity contribution is 7.09. The first-order valence-electron chi connectivity index (χ1n) is 10.1. The van der Waals surface area contributed by atoms with Gasteiger partial charge in [-0.05, 0) is 43.5 Å². The van der Waals surface area contributed by atoms with Crippen LogP contribution in [0.5, 0.6) is 5.75 Å². The molecule has 0 bridgehead atoms. The lowest BCUT2D eigenvalue weighted by Crippen LogP contribution is -2.15. The normalized spacial score (nSPS) is 10.8. The van der Waals surface area contributed by atoms with Crippen LogP contribution in [0, 0.1) is 6.92 Å². The summed E-state index contributed by atoms with van der Waals surface area (Å²) in [5.74, 6) is -0.273. The van der Waals surface area contributed by atoms with Gasteiger partial charge in [0, 0.05) is 22.3 Å². The van der Waals surface area contributed by atoms with E-state index in [9.17, 15) is 9.59 Å². The Morgan fingerprint density at radius 1 is 1.19 bits per heavy atom. The quantitative estimate of drug-likeness (QED) is 0.407. The van der Waals surface area contributed by atoms with Crippen molar-refractivity contribution < 1.29 is 19.1 Å². The predicted molar refractivity (Wildman–Crippen MR) is 122 cm³/mol. The number of pyridine rings is 1. The molecule has 164 valence electrons. The van der Waals surface area contributed by atoms with E-state index in [1.807, 2.05) is 24.4 Å². The lowest BCUT2D eigenvalue weighted by Gasteiger charge is -2.10. The summed E-state index contributed by atoms with van der Waals surface area (Å²) in [7, 11) is 0. The van der Waals surface area contributed by atoms with Crippen LogP contribution in [-0.4, -0.2) is 39.9 Å². The molecule has 3 heterocycles. The molecule has 1 N–H and O–H groups in total. The van der Waals surface area contributed by atoms with Crippen LogP contribution in [0.25, 0.3) is 11.0 Å². The number of carbonyl (C=O) groups is 2. The second-order valence-corrected chi connectivity index (χ2v) is 8.04. The van der Waals surface area contributed by atoms with Crippen molar-refractivity contribution >= 4 is 39.9 Å². The van der Waals surface area contributed by atoms with Gasteiger partial charge in [-0.25, -0.2) is 14.5 Å². The summed E-state index contributed by atoms with van der Waals surface area (Å²) in [6.07, 6.45) is 1.67. The number of nitrogens with zero attached hydrogens (tertiary/aromatic N) is 3. The molecule has 9 heteroatoms. The van der Waals surface area contributed by atoms with Crippen molar-refractivity contribution in [3.63, 3.8) is 0 Å². The van der Waals surface area contributed by atoms with Gasteiger partial charge < -0.3 is 14.8 Å². The van der Waals surface area contributed by atoms with Crippen LogP contribution in [0.3, 0.4) is 0 Å². The number of hydrogen-bond donors (Lipinski definition) is 1. The Morgan fingerprint density at radius 2 is 2.06 bits per heavy atom. The number of hydrogen-bond acceptors (Lipinski definition) is 7. The highest BCUT2D eigenvalue weighted by Crippen LogP contribution is 2.23. The highest BCUT2D eigenvalue weighted by Gasteiger charge is 2.17. The average molecular weight is 451 g/mol. The van der Waals surface area contributed by atoms with Gasteiger partial charge in [-0.1, -0.05) is 12.1 Å². The lowest BCUT2D eigenvalue weighted by molar-refractivity contribution is -0.145. The van der Waals surface area contributed by atoms with Gasteiger partial charge in [0.1, 0.15) is 5.75 Å². The molecule has 1 aromatic carbocycles. The first-order chi connectivity index (χ1) is 15.5. The maximum Gasteiger partial charge on any atom is 0.344 e. The van der Waals surface area contributed by atoms with Gasteiger partial charge in [-0.15, -0.1) is 11.3 Å². The maximum absolute atomic E-state index is 13.1. The summed E-state index contributed by atoms with van der Waals surface area (Å²) in [5, 5.41) is 10.0. The van der Waals surface area contributed by atoms with E-state index in [-0.39, 0.29) is 12.5 Å². The molecule has 0 atom stereocenters. The summed E-state index contributed by atoms with van der Waals surface area (Å²) in [4.78, 5) is 30.3. The van der Waals surface area contributed by atoms with Crippen molar-refractivity contribution in [2.75, 3.05) is 18.5 Å². The molecule has 0 aliphatic rings. The second-order valence-electron chi connectivity index (χ2n) is 7.01. The first-order valence-corrected chi connectivity index (χ1v) is 11.0. The van der Waals surface area contributed by atoms with Crippen molar-refractivity contribution in [3.8, 4) is 5.75 Å². The van der Waals surface area contributed by atoms with E-state index in [0.717, 1.165) is 10.6 Å². The molecular weight excluding hydrogens is 428 g/mol. The average Bonchev–Trinajstić information content (AvgIpc) is 3.43. The van der Waals surface area contributed by atoms with Gasteiger partial charge in [0.15, 0.2) is 12.3 Å². The van der Waals surface area contributed by atoms with E-state index in [4.69, 9.17) is 9.47 Å². The molecule has 32 heavy (non-hydrogen) atoms. The molecule has 0 fully saturated rings. The van der Waals surface area contributed by atoms with Gasteiger partial charge in [-0.2, -0.15) is 5.10 Å². The number of thiophene rings is 1. The zero-order chi connectivity index (χ0) is 22.5. The Labute approximate surface area is 188 Å². The Bertz CT molecular complexity index is 1250. The Hall–Kier alpha value is -3.72. The van der Waals surface area contributed by atoms with Crippen LogP contribution in [0.4, 0.5) is 5.69 Å². The fourth-order valence-electron chi connectivity index (χ4n) is 3.23. The Balaban J connectivity index is 1.53. The summed E-state index contributed by atoms with van der Waals surface area (Å²) in [5.41, 5.74) is 2.42. The van der Waals surface area contributed by atoms with Crippen LogP contribution < -0.4 is 10.1 Å². The van der Waals surface area contributed by atoms with E-state index in [0.29, 0.717) is 41.2 Å². The molecule has 3 aromatic heterocycles. The maximum atomic E-state index is 13.1. The number of esters is 1. The number of benzene rings is 1. The van der Waals surface area contributed by atoms with E-state index in [1.54, 1.807) is 59.5 Å². The van der Waals surface area contributed by atoms with Crippen molar-refractivity contribution in [2.45, 2.75) is 20.4 Å². The number of aryl methyl sites for hydroxylation is 1. The van der Waals surface area contributed by atoms with Crippen LogP contribution in [0.1, 0.15) is 27.9 Å². The predicted octanol–water partition coefficient (Wildman–Crippen LogP) is 4.04. The Kier molecular flexibility index (Phi) is 6.46. The number of carbonyl (C=O) groups excluding carboxylic acids is 2.